The van der Waals surface area contributed by atoms with Crippen molar-refractivity contribution < 1.29 is 47.5 Å². The molecule has 0 radical (unpaired) electrons. The lowest BCUT2D eigenvalue weighted by molar-refractivity contribution is -0.156. The largest absolute Gasteiger partial charge is 0.504 e. The van der Waals surface area contributed by atoms with Gasteiger partial charge in [0.2, 0.25) is 6.79 Å². The van der Waals surface area contributed by atoms with E-state index in [-0.39, 0.29) is 55.0 Å². The lowest BCUT2D eigenvalue weighted by atomic mass is 9.69. The Balaban J connectivity index is 1.23. The van der Waals surface area contributed by atoms with Gasteiger partial charge in [-0.2, -0.15) is 0 Å². The first-order valence-electron chi connectivity index (χ1n) is 19.2. The molecular weight excluding hydrogens is 739 g/mol. The highest BCUT2D eigenvalue weighted by molar-refractivity contribution is 7.99. The van der Waals surface area contributed by atoms with E-state index in [0.29, 0.717) is 58.6 Å². The summed E-state index contributed by atoms with van der Waals surface area (Å²) < 4.78 is 43.1. The number of phenols is 1. The van der Waals surface area contributed by atoms with Crippen molar-refractivity contribution in [1.82, 2.24) is 15.5 Å². The van der Waals surface area contributed by atoms with Gasteiger partial charge < -0.3 is 43.3 Å². The number of nitrogens with one attached hydrogen (secondary N) is 2. The number of rotatable bonds is 3. The fourth-order valence-electron chi connectivity index (χ4n) is 10.7. The van der Waals surface area contributed by atoms with Crippen molar-refractivity contribution in [2.75, 3.05) is 39.9 Å². The minimum Gasteiger partial charge on any atom is -0.504 e. The van der Waals surface area contributed by atoms with Gasteiger partial charge in [0.1, 0.15) is 29.4 Å². The van der Waals surface area contributed by atoms with Gasteiger partial charge >= 0.3 is 11.9 Å². The molecule has 3 N–H and O–H groups in total. The Labute approximate surface area is 328 Å². The average molecular weight is 784 g/mol. The molecule has 7 aliphatic rings. The molecule has 11 rings (SSSR count). The van der Waals surface area contributed by atoms with Crippen molar-refractivity contribution in [3.8, 4) is 34.5 Å². The number of benzene rings is 3. The molecule has 1 aromatic heterocycles. The van der Waals surface area contributed by atoms with Crippen LogP contribution in [0.15, 0.2) is 28.7 Å². The van der Waals surface area contributed by atoms with Crippen LogP contribution in [0.5, 0.6) is 34.5 Å². The Hall–Kier alpha value is -4.63. The number of piperazine rings is 1. The first-order valence-corrected chi connectivity index (χ1v) is 20.3. The van der Waals surface area contributed by atoms with Crippen molar-refractivity contribution in [3.63, 3.8) is 0 Å². The van der Waals surface area contributed by atoms with E-state index in [1.54, 1.807) is 26.0 Å². The monoisotopic (exact) mass is 783 g/mol. The van der Waals surface area contributed by atoms with Crippen LogP contribution in [0, 0.1) is 13.8 Å². The number of hydrogen-bond donors (Lipinski definition) is 3. The van der Waals surface area contributed by atoms with Gasteiger partial charge in [-0.25, -0.2) is 4.79 Å². The van der Waals surface area contributed by atoms with Crippen LogP contribution >= 0.6 is 11.8 Å². The van der Waals surface area contributed by atoms with Crippen molar-refractivity contribution in [2.45, 2.75) is 88.0 Å². The molecule has 2 saturated heterocycles. The summed E-state index contributed by atoms with van der Waals surface area (Å²) in [5, 5.41) is 20.1. The summed E-state index contributed by atoms with van der Waals surface area (Å²) in [6.45, 7) is 10.1. The Morgan fingerprint density at radius 3 is 2.61 bits per heavy atom. The summed E-state index contributed by atoms with van der Waals surface area (Å²) in [6.07, 6.45) is 0.653. The van der Waals surface area contributed by atoms with Crippen LogP contribution in [-0.4, -0.2) is 80.0 Å². The first kappa shape index (κ1) is 35.8. The van der Waals surface area contributed by atoms with Crippen LogP contribution in [0.4, 0.5) is 0 Å². The molecule has 8 atom stereocenters. The van der Waals surface area contributed by atoms with E-state index in [0.717, 1.165) is 38.8 Å². The van der Waals surface area contributed by atoms with E-state index < -0.39 is 28.8 Å². The quantitative estimate of drug-likeness (QED) is 0.171. The Morgan fingerprint density at radius 2 is 1.84 bits per heavy atom. The zero-order valence-electron chi connectivity index (χ0n) is 32.4. The van der Waals surface area contributed by atoms with E-state index in [1.165, 1.54) is 6.92 Å². The average Bonchev–Trinajstić information content (AvgIpc) is 3.83. The predicted molar refractivity (Wildman–Crippen MR) is 206 cm³/mol. The summed E-state index contributed by atoms with van der Waals surface area (Å²) in [4.78, 5) is 30.3. The highest BCUT2D eigenvalue weighted by Crippen LogP contribution is 2.64. The molecule has 3 aromatic carbocycles. The van der Waals surface area contributed by atoms with E-state index in [1.807, 2.05) is 32.0 Å². The molecule has 13 nitrogen and oxygen atoms in total. The maximum atomic E-state index is 14.9. The molecule has 0 amide bonds. The normalized spacial score (nSPS) is 29.9. The number of nitrogens with zero attached hydrogens (tertiary/aromatic N) is 1. The third kappa shape index (κ3) is 4.72. The topological polar surface area (TPSA) is 150 Å². The van der Waals surface area contributed by atoms with Gasteiger partial charge in [0.15, 0.2) is 28.5 Å². The highest BCUT2D eigenvalue weighted by Gasteiger charge is 2.60. The van der Waals surface area contributed by atoms with Gasteiger partial charge in [0.25, 0.3) is 0 Å². The zero-order chi connectivity index (χ0) is 38.9. The number of furan rings is 1. The smallest absolute Gasteiger partial charge is 0.335 e. The number of aryl methyl sites for hydroxylation is 1. The first-order chi connectivity index (χ1) is 27.0. The molecule has 294 valence electrons. The maximum absolute atomic E-state index is 14.9. The van der Waals surface area contributed by atoms with Crippen molar-refractivity contribution in [3.05, 3.63) is 69.0 Å². The van der Waals surface area contributed by atoms with Gasteiger partial charge in [-0.15, -0.1) is 11.8 Å². The van der Waals surface area contributed by atoms with Gasteiger partial charge in [-0.05, 0) is 62.4 Å². The van der Waals surface area contributed by atoms with Crippen molar-refractivity contribution in [1.29, 1.82) is 0 Å². The Morgan fingerprint density at radius 1 is 1.04 bits per heavy atom. The van der Waals surface area contributed by atoms with Crippen LogP contribution in [0.25, 0.3) is 11.0 Å². The standard InChI is InChI=1S/C42H45N3O10S/c1-17-12-24-18(2)31-20(4)45-26-14-51-41(48)42(40-23(10-11-43-42)25-13-22(49-6)8-9-27(25)55-40)15-56-39(33(45)32(44-31)28(24)34(47)35(17)50-7)30-29(26)38-37(52-16-53-38)19(3)36(30)54-21(5)46/h8-9,12-13,18,20,26,31-33,39,43-44,47H,10-11,14-16H2,1-7H3/t18?,20-,26-,31-,32+,33+,39+,42+/m0/s1. The SMILES string of the molecule is COc1ccc2oc3c(c2c1)CCN[C@]31CS[C@@H]2c3c(OC(C)=O)c(C)c4c(c3[C@H](COC1=O)N1[C@@H]2[C@@H]2N[C@@H](C(C)c3cc(C)c(OC)c(O)c32)[C@@H]1C)OCO4. The summed E-state index contributed by atoms with van der Waals surface area (Å²) in [7, 11) is 3.21. The summed E-state index contributed by atoms with van der Waals surface area (Å²) >= 11 is 1.58. The third-order valence-corrected chi connectivity index (χ3v) is 14.6. The lowest BCUT2D eigenvalue weighted by Crippen LogP contribution is -2.69. The minimum absolute atomic E-state index is 0.00627. The number of carbonyl (C=O) groups excluding carboxylic acids is 2. The molecule has 7 aliphatic heterocycles. The number of methoxy groups -OCH3 is 2. The van der Waals surface area contributed by atoms with Crippen molar-refractivity contribution >= 4 is 34.7 Å². The number of hydrogen-bond acceptors (Lipinski definition) is 14. The molecule has 4 aromatic rings. The third-order valence-electron chi connectivity index (χ3n) is 13.1. The number of aromatic hydroxyl groups is 1. The molecule has 14 heteroatoms. The van der Waals surface area contributed by atoms with Crippen molar-refractivity contribution in [2.24, 2.45) is 0 Å². The van der Waals surface area contributed by atoms with Crippen LogP contribution < -0.4 is 34.3 Å². The molecule has 8 heterocycles. The molecular formula is C42H45N3O10S. The second-order valence-corrected chi connectivity index (χ2v) is 17.0. The van der Waals surface area contributed by atoms with Gasteiger partial charge in [0.05, 0.1) is 31.6 Å². The number of carbonyl (C=O) groups is 2. The zero-order valence-corrected chi connectivity index (χ0v) is 33.2. The number of phenolic OH excluding ortho intramolecular Hbond substituents is 1. The summed E-state index contributed by atoms with van der Waals surface area (Å²) in [5.74, 6) is 2.64. The molecule has 4 bridgehead atoms. The van der Waals surface area contributed by atoms with E-state index in [2.05, 4.69) is 35.4 Å². The highest BCUT2D eigenvalue weighted by atomic mass is 32.2. The van der Waals surface area contributed by atoms with E-state index in [4.69, 9.17) is 32.8 Å². The molecule has 0 aliphatic carbocycles. The van der Waals surface area contributed by atoms with Crippen LogP contribution in [0.3, 0.4) is 0 Å². The fourth-order valence-corrected chi connectivity index (χ4v) is 12.4. The molecule has 1 spiro atoms. The molecule has 2 fully saturated rings. The predicted octanol–water partition coefficient (Wildman–Crippen LogP) is 5.74. The van der Waals surface area contributed by atoms with Gasteiger partial charge in [-0.1, -0.05) is 13.0 Å². The minimum atomic E-state index is -1.34. The lowest BCUT2D eigenvalue weighted by Gasteiger charge is -2.61. The Kier molecular flexibility index (Phi) is 8.10. The second-order valence-electron chi connectivity index (χ2n) is 15.9. The molecule has 0 saturated carbocycles. The van der Waals surface area contributed by atoms with Gasteiger partial charge in [-0.3, -0.25) is 15.0 Å². The number of fused-ring (bicyclic) bond motifs is 11. The van der Waals surface area contributed by atoms with E-state index >= 15 is 0 Å². The van der Waals surface area contributed by atoms with Crippen LogP contribution in [0.1, 0.15) is 88.7 Å². The van der Waals surface area contributed by atoms with E-state index in [9.17, 15) is 14.7 Å². The molecule has 56 heavy (non-hydrogen) atoms. The number of esters is 2. The summed E-state index contributed by atoms with van der Waals surface area (Å²) in [6, 6.07) is 6.48. The summed E-state index contributed by atoms with van der Waals surface area (Å²) in [5.41, 5.74) is 5.23. The van der Waals surface area contributed by atoms with Crippen LogP contribution in [0.2, 0.25) is 0 Å². The number of ether oxygens (including phenoxy) is 6. The maximum Gasteiger partial charge on any atom is 0.335 e. The second kappa shape index (κ2) is 12.7. The van der Waals surface area contributed by atoms with Gasteiger partial charge in [0, 0.05) is 70.6 Å². The fraction of sp³-hybridized carbons (Fsp3) is 0.476. The van der Waals surface area contributed by atoms with Crippen LogP contribution in [-0.2, 0) is 26.3 Å². The number of thioether (sulfide) groups is 1. The Bertz CT molecular complexity index is 2360. The molecule has 1 unspecified atom stereocenters.